The zero-order valence-electron chi connectivity index (χ0n) is 33.2. The van der Waals surface area contributed by atoms with Crippen molar-refractivity contribution >= 4 is 22.0 Å². The zero-order valence-corrected chi connectivity index (χ0v) is 34.0. The third-order valence-electron chi connectivity index (χ3n) is 10.4. The standard InChI is InChI=1S/C42H82O7S/c1-4-6-8-10-12-14-16-18-20-22-24-26-28-30-32-34-40(44)39(38-42(3,36-37-43)49-50(46,47)48)41(45)35-33-31-29-27-25-23-21-19-17-15-13-11-9-7-5-2/h39,43H,4-38H2,1-3H3,(H,46,47,48). The molecule has 50 heavy (non-hydrogen) atoms. The van der Waals surface area contributed by atoms with Gasteiger partial charge in [0.2, 0.25) is 0 Å². The summed E-state index contributed by atoms with van der Waals surface area (Å²) in [4.78, 5) is 26.8. The molecule has 0 saturated carbocycles. The van der Waals surface area contributed by atoms with Gasteiger partial charge in [0.25, 0.3) is 0 Å². The number of carbonyl (C=O) groups excluding carboxylic acids is 2. The van der Waals surface area contributed by atoms with Crippen LogP contribution in [0.2, 0.25) is 0 Å². The Bertz CT molecular complexity index is 845. The van der Waals surface area contributed by atoms with E-state index in [1.807, 2.05) is 0 Å². The first kappa shape index (κ1) is 49.2. The summed E-state index contributed by atoms with van der Waals surface area (Å²) >= 11 is 0. The fourth-order valence-electron chi connectivity index (χ4n) is 7.20. The molecule has 8 heteroatoms. The molecule has 0 fully saturated rings. The van der Waals surface area contributed by atoms with Gasteiger partial charge in [-0.2, -0.15) is 8.42 Å². The summed E-state index contributed by atoms with van der Waals surface area (Å²) in [6.45, 7) is 5.56. The van der Waals surface area contributed by atoms with E-state index in [4.69, 9.17) is 4.18 Å². The van der Waals surface area contributed by atoms with Crippen LogP contribution in [0.15, 0.2) is 0 Å². The Morgan fingerprint density at radius 1 is 0.520 bits per heavy atom. The van der Waals surface area contributed by atoms with Crippen molar-refractivity contribution < 1.29 is 31.8 Å². The Balaban J connectivity index is 4.47. The molecule has 0 spiro atoms. The molecule has 0 bridgehead atoms. The molecule has 0 saturated heterocycles. The monoisotopic (exact) mass is 731 g/mol. The average molecular weight is 731 g/mol. The number of hydrogen-bond donors (Lipinski definition) is 2. The lowest BCUT2D eigenvalue weighted by molar-refractivity contribution is -0.135. The molecule has 0 rings (SSSR count). The van der Waals surface area contributed by atoms with Crippen molar-refractivity contribution in [2.24, 2.45) is 5.92 Å². The topological polar surface area (TPSA) is 118 Å². The molecular weight excluding hydrogens is 649 g/mol. The third-order valence-corrected chi connectivity index (χ3v) is 11.0. The molecule has 0 aliphatic heterocycles. The summed E-state index contributed by atoms with van der Waals surface area (Å²) in [5.74, 6) is -1.37. The van der Waals surface area contributed by atoms with Crippen LogP contribution in [-0.2, 0) is 24.2 Å². The van der Waals surface area contributed by atoms with Gasteiger partial charge in [-0.3, -0.25) is 14.1 Å². The predicted molar refractivity (Wildman–Crippen MR) is 210 cm³/mol. The third kappa shape index (κ3) is 31.9. The smallest absolute Gasteiger partial charge is 0.396 e. The number of ketones is 2. The SMILES string of the molecule is CCCCCCCCCCCCCCCCCC(=O)C(CC(C)(CCO)OS(=O)(=O)O)C(=O)CCCCCCCCCCCCCCCCC. The molecule has 0 aromatic rings. The maximum Gasteiger partial charge on any atom is 0.397 e. The zero-order chi connectivity index (χ0) is 37.2. The summed E-state index contributed by atoms with van der Waals surface area (Å²) in [7, 11) is -4.82. The molecule has 0 aliphatic carbocycles. The van der Waals surface area contributed by atoms with Crippen molar-refractivity contribution in [3.8, 4) is 0 Å². The highest BCUT2D eigenvalue weighted by Gasteiger charge is 2.38. The Kier molecular flexibility index (Phi) is 33.4. The van der Waals surface area contributed by atoms with E-state index in [2.05, 4.69) is 13.8 Å². The van der Waals surface area contributed by atoms with Crippen molar-refractivity contribution in [3.63, 3.8) is 0 Å². The van der Waals surface area contributed by atoms with Crippen LogP contribution < -0.4 is 0 Å². The van der Waals surface area contributed by atoms with E-state index >= 15 is 0 Å². The van der Waals surface area contributed by atoms with Gasteiger partial charge in [0.1, 0.15) is 11.6 Å². The number of aliphatic hydroxyl groups excluding tert-OH is 1. The minimum atomic E-state index is -4.82. The fourth-order valence-corrected chi connectivity index (χ4v) is 7.86. The largest absolute Gasteiger partial charge is 0.397 e. The first-order valence-electron chi connectivity index (χ1n) is 21.4. The number of hydrogen-bond acceptors (Lipinski definition) is 6. The molecule has 1 unspecified atom stereocenters. The molecular formula is C42H82O7S. The molecule has 0 radical (unpaired) electrons. The normalized spacial score (nSPS) is 13.2. The summed E-state index contributed by atoms with van der Waals surface area (Å²) in [6.07, 6.45) is 37.2. The number of carbonyl (C=O) groups is 2. The van der Waals surface area contributed by atoms with Crippen LogP contribution in [0.3, 0.4) is 0 Å². The summed E-state index contributed by atoms with van der Waals surface area (Å²) in [5, 5.41) is 9.57. The van der Waals surface area contributed by atoms with E-state index in [0.717, 1.165) is 38.5 Å². The minimum absolute atomic E-state index is 0.109. The molecule has 0 aromatic heterocycles. The highest BCUT2D eigenvalue weighted by molar-refractivity contribution is 7.80. The Labute approximate surface area is 310 Å². The average Bonchev–Trinajstić information content (AvgIpc) is 3.06. The first-order valence-corrected chi connectivity index (χ1v) is 22.8. The summed E-state index contributed by atoms with van der Waals surface area (Å²) < 4.78 is 37.5. The van der Waals surface area contributed by atoms with Crippen molar-refractivity contribution in [1.29, 1.82) is 0 Å². The van der Waals surface area contributed by atoms with Crippen molar-refractivity contribution in [2.45, 2.75) is 245 Å². The van der Waals surface area contributed by atoms with Gasteiger partial charge >= 0.3 is 10.4 Å². The molecule has 1 atom stereocenters. The van der Waals surface area contributed by atoms with Gasteiger partial charge in [0.15, 0.2) is 0 Å². The highest BCUT2D eigenvalue weighted by Crippen LogP contribution is 2.30. The Hall–Kier alpha value is -0.830. The van der Waals surface area contributed by atoms with Gasteiger partial charge in [-0.15, -0.1) is 0 Å². The molecule has 2 N–H and O–H groups in total. The lowest BCUT2D eigenvalue weighted by Gasteiger charge is -2.30. The van der Waals surface area contributed by atoms with E-state index in [0.29, 0.717) is 12.8 Å². The quantitative estimate of drug-likeness (QED) is 0.0366. The highest BCUT2D eigenvalue weighted by atomic mass is 32.3. The molecule has 298 valence electrons. The Morgan fingerprint density at radius 2 is 0.780 bits per heavy atom. The van der Waals surface area contributed by atoms with E-state index in [9.17, 15) is 27.7 Å². The van der Waals surface area contributed by atoms with Gasteiger partial charge in [0, 0.05) is 25.9 Å². The van der Waals surface area contributed by atoms with Gasteiger partial charge in [-0.05, 0) is 26.2 Å². The van der Waals surface area contributed by atoms with E-state index in [1.165, 1.54) is 148 Å². The summed E-state index contributed by atoms with van der Waals surface area (Å²) in [6, 6.07) is 0. The second-order valence-corrected chi connectivity index (χ2v) is 16.5. The van der Waals surface area contributed by atoms with Crippen molar-refractivity contribution in [3.05, 3.63) is 0 Å². The van der Waals surface area contributed by atoms with Crippen LogP contribution in [0.25, 0.3) is 0 Å². The molecule has 0 aromatic carbocycles. The van der Waals surface area contributed by atoms with Crippen molar-refractivity contribution in [2.75, 3.05) is 6.61 Å². The van der Waals surface area contributed by atoms with Crippen LogP contribution in [0.1, 0.15) is 239 Å². The summed E-state index contributed by atoms with van der Waals surface area (Å²) in [5.41, 5.74) is -1.54. The molecule has 0 amide bonds. The first-order chi connectivity index (χ1) is 24.1. The number of Topliss-reactive ketones (excluding diaryl/α,β-unsaturated/α-hetero) is 2. The molecule has 7 nitrogen and oxygen atoms in total. The lowest BCUT2D eigenvalue weighted by Crippen LogP contribution is -2.39. The Morgan fingerprint density at radius 3 is 1.02 bits per heavy atom. The van der Waals surface area contributed by atoms with Gasteiger partial charge < -0.3 is 5.11 Å². The maximum atomic E-state index is 13.4. The fraction of sp³-hybridized carbons (Fsp3) is 0.952. The second kappa shape index (κ2) is 34.0. The van der Waals surface area contributed by atoms with Crippen LogP contribution in [0.4, 0.5) is 0 Å². The van der Waals surface area contributed by atoms with Crippen molar-refractivity contribution in [1.82, 2.24) is 0 Å². The number of rotatable bonds is 40. The predicted octanol–water partition coefficient (Wildman–Crippen LogP) is 12.6. The van der Waals surface area contributed by atoms with E-state index < -0.39 is 21.9 Å². The second-order valence-electron chi connectivity index (χ2n) is 15.5. The van der Waals surface area contributed by atoms with Gasteiger partial charge in [-0.1, -0.05) is 194 Å². The van der Waals surface area contributed by atoms with Crippen LogP contribution in [-0.4, -0.2) is 41.9 Å². The van der Waals surface area contributed by atoms with E-state index in [1.54, 1.807) is 0 Å². The van der Waals surface area contributed by atoms with Crippen LogP contribution in [0.5, 0.6) is 0 Å². The molecule has 0 heterocycles. The van der Waals surface area contributed by atoms with Crippen LogP contribution in [0, 0.1) is 5.92 Å². The maximum absolute atomic E-state index is 13.4. The lowest BCUT2D eigenvalue weighted by atomic mass is 9.81. The van der Waals surface area contributed by atoms with E-state index in [-0.39, 0.29) is 43.9 Å². The van der Waals surface area contributed by atoms with Gasteiger partial charge in [0.05, 0.1) is 11.5 Å². The van der Waals surface area contributed by atoms with Crippen LogP contribution >= 0.6 is 0 Å². The minimum Gasteiger partial charge on any atom is -0.396 e. The molecule has 0 aliphatic rings. The number of aliphatic hydroxyl groups is 1. The van der Waals surface area contributed by atoms with Gasteiger partial charge in [-0.25, -0.2) is 4.18 Å². The number of unbranched alkanes of at least 4 members (excludes halogenated alkanes) is 28.